The van der Waals surface area contributed by atoms with E-state index in [1.807, 2.05) is 0 Å². The van der Waals surface area contributed by atoms with E-state index in [4.69, 9.17) is 0 Å². The Bertz CT molecular complexity index is 575. The van der Waals surface area contributed by atoms with E-state index >= 15 is 0 Å². The summed E-state index contributed by atoms with van der Waals surface area (Å²) in [5.74, 6) is 4.32. The van der Waals surface area contributed by atoms with Crippen LogP contribution in [0.4, 0.5) is 0 Å². The van der Waals surface area contributed by atoms with Gasteiger partial charge in [-0.2, -0.15) is 0 Å². The number of thiophene rings is 1. The van der Waals surface area contributed by atoms with Crippen LogP contribution in [0.15, 0.2) is 12.1 Å². The van der Waals surface area contributed by atoms with E-state index in [0.717, 1.165) is 17.7 Å². The van der Waals surface area contributed by atoms with Crippen molar-refractivity contribution in [2.45, 2.75) is 45.1 Å². The van der Waals surface area contributed by atoms with Crippen molar-refractivity contribution in [1.29, 1.82) is 0 Å². The summed E-state index contributed by atoms with van der Waals surface area (Å²) >= 11 is 1.27. The number of aliphatic carboxylic acids is 1. The molecule has 0 saturated carbocycles. The summed E-state index contributed by atoms with van der Waals surface area (Å²) in [6.45, 7) is 3.71. The lowest BCUT2D eigenvalue weighted by molar-refractivity contribution is -0.305. The molecule has 0 aliphatic rings. The van der Waals surface area contributed by atoms with Gasteiger partial charge in [0, 0.05) is 12.5 Å². The summed E-state index contributed by atoms with van der Waals surface area (Å²) in [7, 11) is 0. The van der Waals surface area contributed by atoms with Crippen molar-refractivity contribution in [3.05, 3.63) is 21.9 Å². The number of hydrogen-bond donors (Lipinski definition) is 2. The van der Waals surface area contributed by atoms with Crippen LogP contribution in [0.2, 0.25) is 0 Å². The Kier molecular flexibility index (Phi) is 7.09. The molecule has 0 atom stereocenters. The molecule has 1 heterocycles. The lowest BCUT2D eigenvalue weighted by atomic mass is 10.1. The fourth-order valence-electron chi connectivity index (χ4n) is 1.60. The normalized spacial score (nSPS) is 10.7. The van der Waals surface area contributed by atoms with Crippen molar-refractivity contribution >= 4 is 23.2 Å². The predicted molar refractivity (Wildman–Crippen MR) is 83.3 cm³/mol. The van der Waals surface area contributed by atoms with Gasteiger partial charge >= 0.3 is 0 Å². The van der Waals surface area contributed by atoms with Crippen LogP contribution >= 0.6 is 11.3 Å². The number of rotatable bonds is 7. The first-order valence-electron chi connectivity index (χ1n) is 7.11. The molecule has 0 spiro atoms. The second kappa shape index (κ2) is 8.57. The third-order valence-electron chi connectivity index (χ3n) is 2.66. The van der Waals surface area contributed by atoms with Crippen LogP contribution < -0.4 is 10.4 Å². The number of amides is 1. The molecule has 5 nitrogen and oxygen atoms in total. The Morgan fingerprint density at radius 3 is 2.68 bits per heavy atom. The van der Waals surface area contributed by atoms with E-state index in [2.05, 4.69) is 17.2 Å². The molecule has 0 aliphatic carbocycles. The smallest absolute Gasteiger partial charge is 0.261 e. The topological polar surface area (TPSA) is 89.5 Å². The van der Waals surface area contributed by atoms with E-state index < -0.39 is 11.6 Å². The van der Waals surface area contributed by atoms with Crippen LogP contribution in [0.25, 0.3) is 0 Å². The molecule has 120 valence electrons. The molecular weight excluding hydrogens is 302 g/mol. The van der Waals surface area contributed by atoms with Gasteiger partial charge in [0.1, 0.15) is 5.60 Å². The minimum Gasteiger partial charge on any atom is -0.550 e. The summed E-state index contributed by atoms with van der Waals surface area (Å²) < 4.78 is 0. The maximum atomic E-state index is 11.9. The summed E-state index contributed by atoms with van der Waals surface area (Å²) in [5.41, 5.74) is -1.06. The highest BCUT2D eigenvalue weighted by Gasteiger charge is 2.09. The van der Waals surface area contributed by atoms with Gasteiger partial charge in [-0.25, -0.2) is 0 Å². The Labute approximate surface area is 134 Å². The number of unbranched alkanes of at least 4 members (excludes halogenated alkanes) is 2. The standard InChI is InChI=1S/C16H21NO4S/c1-16(2,21)10-9-12-7-8-13(22-12)15(20)17-11-5-3-4-6-14(18)19/h7-8,21H,3-6,11H2,1-2H3,(H,17,20)(H,18,19)/p-1. The number of carboxylic acids is 1. The molecule has 0 unspecified atom stereocenters. The average Bonchev–Trinajstić information content (AvgIpc) is 2.88. The molecule has 1 aromatic heterocycles. The first kappa shape index (κ1) is 18.2. The summed E-state index contributed by atoms with van der Waals surface area (Å²) in [6, 6.07) is 3.45. The molecule has 0 aromatic carbocycles. The first-order valence-corrected chi connectivity index (χ1v) is 7.93. The Hall–Kier alpha value is -1.84. The quantitative estimate of drug-likeness (QED) is 0.577. The van der Waals surface area contributed by atoms with Crippen LogP contribution in [-0.4, -0.2) is 29.1 Å². The van der Waals surface area contributed by atoms with Crippen LogP contribution in [0.1, 0.15) is 54.1 Å². The van der Waals surface area contributed by atoms with E-state index in [0.29, 0.717) is 17.8 Å². The van der Waals surface area contributed by atoms with E-state index in [9.17, 15) is 19.8 Å². The predicted octanol–water partition coefficient (Wildman–Crippen LogP) is 0.911. The van der Waals surface area contributed by atoms with E-state index in [-0.39, 0.29) is 12.3 Å². The maximum absolute atomic E-state index is 11.9. The molecule has 0 bridgehead atoms. The van der Waals surface area contributed by atoms with Gasteiger partial charge < -0.3 is 20.3 Å². The Morgan fingerprint density at radius 2 is 2.05 bits per heavy atom. The van der Waals surface area contributed by atoms with Crippen molar-refractivity contribution < 1.29 is 19.8 Å². The highest BCUT2D eigenvalue weighted by atomic mass is 32.1. The van der Waals surface area contributed by atoms with Crippen molar-refractivity contribution in [2.75, 3.05) is 6.54 Å². The first-order chi connectivity index (χ1) is 10.3. The van der Waals surface area contributed by atoms with Gasteiger partial charge in [0.25, 0.3) is 5.91 Å². The molecule has 22 heavy (non-hydrogen) atoms. The van der Waals surface area contributed by atoms with Crippen LogP contribution in [-0.2, 0) is 4.79 Å². The zero-order chi connectivity index (χ0) is 16.6. The second-order valence-corrected chi connectivity index (χ2v) is 6.50. The van der Waals surface area contributed by atoms with Crippen molar-refractivity contribution in [1.82, 2.24) is 5.32 Å². The van der Waals surface area contributed by atoms with Crippen LogP contribution in [0.3, 0.4) is 0 Å². The molecular formula is C16H20NO4S-. The van der Waals surface area contributed by atoms with E-state index in [1.54, 1.807) is 26.0 Å². The molecule has 0 saturated heterocycles. The maximum Gasteiger partial charge on any atom is 0.261 e. The van der Waals surface area contributed by atoms with Crippen molar-refractivity contribution in [3.63, 3.8) is 0 Å². The third kappa shape index (κ3) is 7.81. The highest BCUT2D eigenvalue weighted by Crippen LogP contribution is 2.15. The molecule has 6 heteroatoms. The van der Waals surface area contributed by atoms with Gasteiger partial charge in [0.2, 0.25) is 0 Å². The summed E-state index contributed by atoms with van der Waals surface area (Å²) in [6.07, 6.45) is 2.09. The lowest BCUT2D eigenvalue weighted by Gasteiger charge is -2.05. The summed E-state index contributed by atoms with van der Waals surface area (Å²) in [5, 5.41) is 22.5. The summed E-state index contributed by atoms with van der Waals surface area (Å²) in [4.78, 5) is 23.4. The van der Waals surface area contributed by atoms with Gasteiger partial charge in [0.05, 0.1) is 9.75 Å². The van der Waals surface area contributed by atoms with Gasteiger partial charge in [-0.15, -0.1) is 11.3 Å². The van der Waals surface area contributed by atoms with Gasteiger partial charge in [-0.3, -0.25) is 4.79 Å². The van der Waals surface area contributed by atoms with Crippen LogP contribution in [0.5, 0.6) is 0 Å². The SMILES string of the molecule is CC(C)(O)C#Cc1ccc(C(=O)NCCCCCC(=O)[O-])s1. The number of carbonyl (C=O) groups excluding carboxylic acids is 2. The third-order valence-corrected chi connectivity index (χ3v) is 3.66. The minimum atomic E-state index is -1.06. The lowest BCUT2D eigenvalue weighted by Crippen LogP contribution is -2.24. The minimum absolute atomic E-state index is 0.0576. The molecule has 0 fully saturated rings. The molecule has 0 radical (unpaired) electrons. The number of nitrogens with one attached hydrogen (secondary N) is 1. The fourth-order valence-corrected chi connectivity index (χ4v) is 2.38. The van der Waals surface area contributed by atoms with Crippen LogP contribution in [0, 0.1) is 11.8 Å². The number of carbonyl (C=O) groups is 2. The van der Waals surface area contributed by atoms with Crippen molar-refractivity contribution in [3.8, 4) is 11.8 Å². The number of hydrogen-bond acceptors (Lipinski definition) is 5. The largest absolute Gasteiger partial charge is 0.550 e. The Balaban J connectivity index is 2.36. The van der Waals surface area contributed by atoms with Gasteiger partial charge in [-0.1, -0.05) is 18.3 Å². The highest BCUT2D eigenvalue weighted by molar-refractivity contribution is 7.14. The van der Waals surface area contributed by atoms with Crippen molar-refractivity contribution in [2.24, 2.45) is 0 Å². The van der Waals surface area contributed by atoms with Gasteiger partial charge in [-0.05, 0) is 45.2 Å². The number of carboxylic acid groups (broad SMARTS) is 1. The molecule has 1 rings (SSSR count). The molecule has 1 aromatic rings. The monoisotopic (exact) mass is 322 g/mol. The second-order valence-electron chi connectivity index (χ2n) is 5.41. The zero-order valence-electron chi connectivity index (χ0n) is 12.8. The average molecular weight is 322 g/mol. The molecule has 1 amide bonds. The molecule has 0 aliphatic heterocycles. The van der Waals surface area contributed by atoms with Gasteiger partial charge in [0.15, 0.2) is 0 Å². The fraction of sp³-hybridized carbons (Fsp3) is 0.500. The zero-order valence-corrected chi connectivity index (χ0v) is 13.6. The molecule has 2 N–H and O–H groups in total. The van der Waals surface area contributed by atoms with E-state index in [1.165, 1.54) is 11.3 Å². The number of aliphatic hydroxyl groups is 1. The Morgan fingerprint density at radius 1 is 1.32 bits per heavy atom.